The summed E-state index contributed by atoms with van der Waals surface area (Å²) in [6.45, 7) is 4.14. The van der Waals surface area contributed by atoms with Crippen molar-refractivity contribution in [3.05, 3.63) is 181 Å². The lowest BCUT2D eigenvalue weighted by Crippen LogP contribution is -1.92. The van der Waals surface area contributed by atoms with E-state index in [1.807, 2.05) is 12.4 Å². The van der Waals surface area contributed by atoms with Gasteiger partial charge in [-0.05, 0) is 115 Å². The minimum atomic E-state index is 0.982. The molecule has 0 fully saturated rings. The third-order valence-electron chi connectivity index (χ3n) is 9.87. The fourth-order valence-electron chi connectivity index (χ4n) is 7.24. The van der Waals surface area contributed by atoms with Crippen molar-refractivity contribution in [1.29, 1.82) is 0 Å². The lowest BCUT2D eigenvalue weighted by molar-refractivity contribution is 1.27. The summed E-state index contributed by atoms with van der Waals surface area (Å²) in [5.41, 5.74) is 13.8. The molecule has 0 N–H and O–H groups in total. The van der Waals surface area contributed by atoms with Gasteiger partial charge in [-0.3, -0.25) is 9.97 Å². The Labute approximate surface area is 292 Å². The van der Waals surface area contributed by atoms with E-state index in [4.69, 9.17) is 0 Å². The summed E-state index contributed by atoms with van der Waals surface area (Å²) < 4.78 is 0. The second kappa shape index (κ2) is 12.3. The summed E-state index contributed by atoms with van der Waals surface area (Å²) in [6.07, 6.45) is 3.86. The third kappa shape index (κ3) is 5.32. The largest absolute Gasteiger partial charge is 0.256 e. The van der Waals surface area contributed by atoms with Gasteiger partial charge >= 0.3 is 0 Å². The van der Waals surface area contributed by atoms with E-state index in [-0.39, 0.29) is 0 Å². The van der Waals surface area contributed by atoms with E-state index >= 15 is 0 Å². The lowest BCUT2D eigenvalue weighted by Gasteiger charge is -2.19. The van der Waals surface area contributed by atoms with Crippen LogP contribution in [0.1, 0.15) is 11.1 Å². The Morgan fingerprint density at radius 3 is 1.32 bits per heavy atom. The van der Waals surface area contributed by atoms with Crippen LogP contribution in [0.3, 0.4) is 0 Å². The Kier molecular flexibility index (Phi) is 7.29. The number of benzene rings is 7. The molecule has 0 aliphatic rings. The standard InChI is InChI=1S/C48H34N2/c1-31-11-25-45(49-29-31)34-14-18-36(19-15-34)47-41-9-5-6-10-42(41)48(37-20-16-35(17-21-37)46-26-12-32(2)30-50-46)44-28-40(23-24-43(44)47)39-22-13-33-7-3-4-8-38(33)27-39/h3-30H,1-2H3. The molecule has 0 saturated heterocycles. The summed E-state index contributed by atoms with van der Waals surface area (Å²) in [6, 6.07) is 57.4. The van der Waals surface area contributed by atoms with Crippen molar-refractivity contribution in [3.63, 3.8) is 0 Å². The topological polar surface area (TPSA) is 25.8 Å². The van der Waals surface area contributed by atoms with Gasteiger partial charge in [0.2, 0.25) is 0 Å². The van der Waals surface area contributed by atoms with Crippen LogP contribution in [0, 0.1) is 13.8 Å². The average Bonchev–Trinajstić information content (AvgIpc) is 3.17. The quantitative estimate of drug-likeness (QED) is 0.175. The van der Waals surface area contributed by atoms with E-state index < -0.39 is 0 Å². The molecule has 236 valence electrons. The van der Waals surface area contributed by atoms with Gasteiger partial charge in [0, 0.05) is 23.5 Å². The van der Waals surface area contributed by atoms with Gasteiger partial charge in [-0.2, -0.15) is 0 Å². The molecule has 0 saturated carbocycles. The molecule has 0 aliphatic carbocycles. The molecule has 0 aliphatic heterocycles. The number of hydrogen-bond donors (Lipinski definition) is 0. The van der Waals surface area contributed by atoms with Crippen LogP contribution in [0.25, 0.3) is 88.2 Å². The minimum Gasteiger partial charge on any atom is -0.256 e. The Hall–Kier alpha value is -6.38. The predicted molar refractivity (Wildman–Crippen MR) is 211 cm³/mol. The molecular weight excluding hydrogens is 605 g/mol. The van der Waals surface area contributed by atoms with E-state index in [1.54, 1.807) is 0 Å². The van der Waals surface area contributed by atoms with Gasteiger partial charge in [0.15, 0.2) is 0 Å². The SMILES string of the molecule is Cc1ccc(-c2ccc(-c3c4ccccc4c(-c4ccc(-c5ccc(C)cn5)cc4)c4cc(-c5ccc6ccccc6c5)ccc34)cc2)nc1. The molecule has 0 unspecified atom stereocenters. The van der Waals surface area contributed by atoms with Crippen LogP contribution in [0.5, 0.6) is 0 Å². The number of rotatable bonds is 5. The first-order valence-electron chi connectivity index (χ1n) is 17.1. The molecule has 7 aromatic carbocycles. The number of hydrogen-bond acceptors (Lipinski definition) is 2. The highest BCUT2D eigenvalue weighted by atomic mass is 14.7. The Morgan fingerprint density at radius 1 is 0.320 bits per heavy atom. The predicted octanol–water partition coefficient (Wildman–Crippen LogP) is 12.9. The van der Waals surface area contributed by atoms with E-state index in [1.165, 1.54) is 65.7 Å². The van der Waals surface area contributed by atoms with Crippen LogP contribution >= 0.6 is 0 Å². The highest BCUT2D eigenvalue weighted by molar-refractivity contribution is 6.22. The molecule has 9 rings (SSSR count). The van der Waals surface area contributed by atoms with Crippen LogP contribution in [-0.2, 0) is 0 Å². The summed E-state index contributed by atoms with van der Waals surface area (Å²) in [7, 11) is 0. The highest BCUT2D eigenvalue weighted by Crippen LogP contribution is 2.45. The monoisotopic (exact) mass is 638 g/mol. The van der Waals surface area contributed by atoms with Gasteiger partial charge in [-0.15, -0.1) is 0 Å². The molecule has 9 aromatic rings. The molecule has 2 heterocycles. The fraction of sp³-hybridized carbons (Fsp3) is 0.0417. The smallest absolute Gasteiger partial charge is 0.0702 e. The Morgan fingerprint density at radius 2 is 0.760 bits per heavy atom. The molecular formula is C48H34N2. The summed E-state index contributed by atoms with van der Waals surface area (Å²) in [4.78, 5) is 9.37. The molecule has 0 radical (unpaired) electrons. The molecule has 2 aromatic heterocycles. The first-order valence-corrected chi connectivity index (χ1v) is 17.1. The molecule has 0 bridgehead atoms. The second-order valence-electron chi connectivity index (χ2n) is 13.2. The van der Waals surface area contributed by atoms with Gasteiger partial charge in [-0.25, -0.2) is 0 Å². The van der Waals surface area contributed by atoms with Crippen LogP contribution < -0.4 is 0 Å². The van der Waals surface area contributed by atoms with E-state index in [0.717, 1.165) is 33.6 Å². The van der Waals surface area contributed by atoms with Crippen molar-refractivity contribution in [1.82, 2.24) is 9.97 Å². The molecule has 2 nitrogen and oxygen atoms in total. The number of aromatic nitrogens is 2. The first kappa shape index (κ1) is 29.7. The van der Waals surface area contributed by atoms with Crippen LogP contribution in [-0.4, -0.2) is 9.97 Å². The van der Waals surface area contributed by atoms with Gasteiger partial charge < -0.3 is 0 Å². The molecule has 0 atom stereocenters. The zero-order valence-corrected chi connectivity index (χ0v) is 28.1. The van der Waals surface area contributed by atoms with Crippen LogP contribution in [0.15, 0.2) is 170 Å². The van der Waals surface area contributed by atoms with Crippen molar-refractivity contribution >= 4 is 32.3 Å². The Bertz CT molecular complexity index is 2670. The maximum absolute atomic E-state index is 4.69. The highest BCUT2D eigenvalue weighted by Gasteiger charge is 2.18. The normalized spacial score (nSPS) is 11.4. The van der Waals surface area contributed by atoms with Gasteiger partial charge in [0.05, 0.1) is 11.4 Å². The number of nitrogens with zero attached hydrogens (tertiary/aromatic N) is 2. The summed E-state index contributed by atoms with van der Waals surface area (Å²) >= 11 is 0. The van der Waals surface area contributed by atoms with E-state index in [9.17, 15) is 0 Å². The zero-order chi connectivity index (χ0) is 33.6. The zero-order valence-electron chi connectivity index (χ0n) is 28.1. The maximum Gasteiger partial charge on any atom is 0.0702 e. The van der Waals surface area contributed by atoms with Crippen molar-refractivity contribution in [2.24, 2.45) is 0 Å². The molecule has 0 amide bonds. The van der Waals surface area contributed by atoms with E-state index in [0.29, 0.717) is 0 Å². The summed E-state index contributed by atoms with van der Waals surface area (Å²) in [5, 5.41) is 7.42. The van der Waals surface area contributed by atoms with Gasteiger partial charge in [0.25, 0.3) is 0 Å². The molecule has 0 spiro atoms. The number of pyridine rings is 2. The second-order valence-corrected chi connectivity index (χ2v) is 13.2. The van der Waals surface area contributed by atoms with Gasteiger partial charge in [0.1, 0.15) is 0 Å². The fourth-order valence-corrected chi connectivity index (χ4v) is 7.24. The average molecular weight is 639 g/mol. The van der Waals surface area contributed by atoms with Crippen LogP contribution in [0.4, 0.5) is 0 Å². The van der Waals surface area contributed by atoms with Crippen molar-refractivity contribution in [2.45, 2.75) is 13.8 Å². The lowest BCUT2D eigenvalue weighted by atomic mass is 9.84. The maximum atomic E-state index is 4.69. The van der Waals surface area contributed by atoms with Crippen molar-refractivity contribution in [2.75, 3.05) is 0 Å². The molecule has 2 heteroatoms. The van der Waals surface area contributed by atoms with Crippen molar-refractivity contribution in [3.8, 4) is 55.9 Å². The van der Waals surface area contributed by atoms with Crippen LogP contribution in [0.2, 0.25) is 0 Å². The minimum absolute atomic E-state index is 0.982. The third-order valence-corrected chi connectivity index (χ3v) is 9.87. The van der Waals surface area contributed by atoms with E-state index in [2.05, 4.69) is 182 Å². The first-order chi connectivity index (χ1) is 24.6. The van der Waals surface area contributed by atoms with Gasteiger partial charge in [-0.1, -0.05) is 133 Å². The Balaban J connectivity index is 1.27. The van der Waals surface area contributed by atoms with Crippen molar-refractivity contribution < 1.29 is 0 Å². The number of aryl methyl sites for hydroxylation is 2. The summed E-state index contributed by atoms with van der Waals surface area (Å²) in [5.74, 6) is 0. The number of fused-ring (bicyclic) bond motifs is 3. The molecule has 50 heavy (non-hydrogen) atoms.